The Labute approximate surface area is 63.8 Å². The summed E-state index contributed by atoms with van der Waals surface area (Å²) in [6, 6.07) is 0. The molecule has 0 amide bonds. The SMILES string of the molecule is CC[C@H](C)CCCCC=O. The lowest BCUT2D eigenvalue weighted by atomic mass is 10.0. The Morgan fingerprint density at radius 2 is 2.10 bits per heavy atom. The summed E-state index contributed by atoms with van der Waals surface area (Å²) in [6.45, 7) is 4.48. The van der Waals surface area contributed by atoms with E-state index in [4.69, 9.17) is 0 Å². The van der Waals surface area contributed by atoms with Crippen LogP contribution in [0, 0.1) is 5.92 Å². The predicted molar refractivity (Wildman–Crippen MR) is 44.0 cm³/mol. The molecule has 0 aromatic heterocycles. The van der Waals surface area contributed by atoms with E-state index in [9.17, 15) is 4.79 Å². The summed E-state index contributed by atoms with van der Waals surface area (Å²) in [4.78, 5) is 9.92. The van der Waals surface area contributed by atoms with Gasteiger partial charge in [0.05, 0.1) is 0 Å². The number of aldehydes is 1. The van der Waals surface area contributed by atoms with Gasteiger partial charge in [0.1, 0.15) is 6.29 Å². The zero-order valence-electron chi connectivity index (χ0n) is 7.10. The van der Waals surface area contributed by atoms with Crippen molar-refractivity contribution in [1.82, 2.24) is 0 Å². The first-order chi connectivity index (χ1) is 4.81. The van der Waals surface area contributed by atoms with Crippen molar-refractivity contribution in [3.05, 3.63) is 0 Å². The molecule has 60 valence electrons. The Hall–Kier alpha value is -0.330. The van der Waals surface area contributed by atoms with Crippen molar-refractivity contribution < 1.29 is 4.79 Å². The van der Waals surface area contributed by atoms with Crippen LogP contribution in [0.2, 0.25) is 0 Å². The number of unbranched alkanes of at least 4 members (excludes halogenated alkanes) is 2. The third-order valence-electron chi connectivity index (χ3n) is 1.97. The number of rotatable bonds is 6. The van der Waals surface area contributed by atoms with Crippen molar-refractivity contribution in [3.8, 4) is 0 Å². The fourth-order valence-electron chi connectivity index (χ4n) is 0.925. The molecule has 0 aliphatic heterocycles. The van der Waals surface area contributed by atoms with Gasteiger partial charge < -0.3 is 4.79 Å². The highest BCUT2D eigenvalue weighted by Crippen LogP contribution is 2.11. The Bertz CT molecular complexity index is 78.8. The summed E-state index contributed by atoms with van der Waals surface area (Å²) in [5, 5.41) is 0. The quantitative estimate of drug-likeness (QED) is 0.411. The topological polar surface area (TPSA) is 17.1 Å². The van der Waals surface area contributed by atoms with Gasteiger partial charge in [-0.25, -0.2) is 0 Å². The standard InChI is InChI=1S/C9H18O/c1-3-9(2)7-5-4-6-8-10/h8-9H,3-7H2,1-2H3/t9-/m0/s1. The van der Waals surface area contributed by atoms with Crippen LogP contribution in [0.25, 0.3) is 0 Å². The first-order valence-corrected chi connectivity index (χ1v) is 4.24. The third kappa shape index (κ3) is 5.80. The molecule has 0 saturated heterocycles. The van der Waals surface area contributed by atoms with E-state index in [1.807, 2.05) is 0 Å². The smallest absolute Gasteiger partial charge is 0.119 e. The van der Waals surface area contributed by atoms with Crippen molar-refractivity contribution >= 4 is 6.29 Å². The van der Waals surface area contributed by atoms with E-state index in [1.54, 1.807) is 0 Å². The van der Waals surface area contributed by atoms with Gasteiger partial charge in [-0.3, -0.25) is 0 Å². The van der Waals surface area contributed by atoms with Crippen LogP contribution in [-0.4, -0.2) is 6.29 Å². The first-order valence-electron chi connectivity index (χ1n) is 4.24. The van der Waals surface area contributed by atoms with Crippen LogP contribution in [0.15, 0.2) is 0 Å². The van der Waals surface area contributed by atoms with Gasteiger partial charge in [0.15, 0.2) is 0 Å². The Kier molecular flexibility index (Phi) is 6.56. The largest absolute Gasteiger partial charge is 0.303 e. The molecule has 1 atom stereocenters. The maximum atomic E-state index is 9.92. The van der Waals surface area contributed by atoms with Gasteiger partial charge in [-0.05, 0) is 12.3 Å². The second-order valence-corrected chi connectivity index (χ2v) is 2.96. The maximum absolute atomic E-state index is 9.92. The van der Waals surface area contributed by atoms with Crippen molar-refractivity contribution in [2.24, 2.45) is 5.92 Å². The van der Waals surface area contributed by atoms with Gasteiger partial charge in [0, 0.05) is 6.42 Å². The minimum atomic E-state index is 0.746. The van der Waals surface area contributed by atoms with Crippen LogP contribution in [0.5, 0.6) is 0 Å². The molecule has 10 heavy (non-hydrogen) atoms. The van der Waals surface area contributed by atoms with E-state index in [0.29, 0.717) is 0 Å². The lowest BCUT2D eigenvalue weighted by molar-refractivity contribution is -0.107. The van der Waals surface area contributed by atoms with E-state index < -0.39 is 0 Å². The van der Waals surface area contributed by atoms with E-state index in [0.717, 1.165) is 25.0 Å². The van der Waals surface area contributed by atoms with Crippen LogP contribution in [-0.2, 0) is 4.79 Å². The molecule has 0 spiro atoms. The highest BCUT2D eigenvalue weighted by Gasteiger charge is 1.96. The molecular weight excluding hydrogens is 124 g/mol. The molecule has 0 heterocycles. The summed E-state index contributed by atoms with van der Waals surface area (Å²) in [5.41, 5.74) is 0. The second-order valence-electron chi connectivity index (χ2n) is 2.96. The fourth-order valence-corrected chi connectivity index (χ4v) is 0.925. The number of hydrogen-bond donors (Lipinski definition) is 0. The van der Waals surface area contributed by atoms with Crippen LogP contribution < -0.4 is 0 Å². The molecule has 0 radical (unpaired) electrons. The number of carbonyl (C=O) groups is 1. The average molecular weight is 142 g/mol. The summed E-state index contributed by atoms with van der Waals surface area (Å²) in [5.74, 6) is 0.839. The molecule has 0 unspecified atom stereocenters. The molecule has 0 aliphatic rings. The van der Waals surface area contributed by atoms with Gasteiger partial charge >= 0.3 is 0 Å². The van der Waals surface area contributed by atoms with Crippen molar-refractivity contribution in [1.29, 1.82) is 0 Å². The van der Waals surface area contributed by atoms with Crippen LogP contribution in [0.1, 0.15) is 46.0 Å². The molecular formula is C9H18O. The van der Waals surface area contributed by atoms with E-state index in [2.05, 4.69) is 13.8 Å². The highest BCUT2D eigenvalue weighted by molar-refractivity contribution is 5.48. The number of hydrogen-bond acceptors (Lipinski definition) is 1. The zero-order chi connectivity index (χ0) is 7.82. The predicted octanol–water partition coefficient (Wildman–Crippen LogP) is 2.79. The molecule has 0 rings (SSSR count). The maximum Gasteiger partial charge on any atom is 0.119 e. The van der Waals surface area contributed by atoms with Crippen molar-refractivity contribution in [2.75, 3.05) is 0 Å². The molecule has 0 aromatic carbocycles. The lowest BCUT2D eigenvalue weighted by Gasteiger charge is -2.05. The molecule has 0 N–H and O–H groups in total. The van der Waals surface area contributed by atoms with E-state index >= 15 is 0 Å². The Balaban J connectivity index is 2.95. The Morgan fingerprint density at radius 1 is 1.40 bits per heavy atom. The van der Waals surface area contributed by atoms with E-state index in [-0.39, 0.29) is 0 Å². The third-order valence-corrected chi connectivity index (χ3v) is 1.97. The van der Waals surface area contributed by atoms with Gasteiger partial charge in [0.25, 0.3) is 0 Å². The normalized spacial score (nSPS) is 13.0. The highest BCUT2D eigenvalue weighted by atomic mass is 16.1. The zero-order valence-corrected chi connectivity index (χ0v) is 7.10. The minimum absolute atomic E-state index is 0.746. The fraction of sp³-hybridized carbons (Fsp3) is 0.889. The number of carbonyl (C=O) groups excluding carboxylic acids is 1. The molecule has 0 fully saturated rings. The van der Waals surface area contributed by atoms with Gasteiger partial charge in [0.2, 0.25) is 0 Å². The van der Waals surface area contributed by atoms with Gasteiger partial charge in [-0.2, -0.15) is 0 Å². The molecule has 1 nitrogen and oxygen atoms in total. The molecule has 0 bridgehead atoms. The summed E-state index contributed by atoms with van der Waals surface area (Å²) in [6.07, 6.45) is 6.60. The summed E-state index contributed by atoms with van der Waals surface area (Å²) >= 11 is 0. The van der Waals surface area contributed by atoms with Crippen molar-refractivity contribution in [2.45, 2.75) is 46.0 Å². The Morgan fingerprint density at radius 3 is 2.60 bits per heavy atom. The van der Waals surface area contributed by atoms with Crippen LogP contribution in [0.4, 0.5) is 0 Å². The average Bonchev–Trinajstić information content (AvgIpc) is 1.98. The van der Waals surface area contributed by atoms with Crippen LogP contribution >= 0.6 is 0 Å². The summed E-state index contributed by atoms with van der Waals surface area (Å²) in [7, 11) is 0. The molecule has 1 heteroatoms. The first kappa shape index (κ1) is 9.67. The van der Waals surface area contributed by atoms with E-state index in [1.165, 1.54) is 19.3 Å². The molecule has 0 aliphatic carbocycles. The lowest BCUT2D eigenvalue weighted by Crippen LogP contribution is -1.91. The summed E-state index contributed by atoms with van der Waals surface area (Å²) < 4.78 is 0. The molecule has 0 saturated carbocycles. The monoisotopic (exact) mass is 142 g/mol. The second kappa shape index (κ2) is 6.79. The van der Waals surface area contributed by atoms with Crippen molar-refractivity contribution in [3.63, 3.8) is 0 Å². The van der Waals surface area contributed by atoms with Gasteiger partial charge in [-0.15, -0.1) is 0 Å². The molecule has 0 aromatic rings. The van der Waals surface area contributed by atoms with Gasteiger partial charge in [-0.1, -0.05) is 33.1 Å². The minimum Gasteiger partial charge on any atom is -0.303 e. The van der Waals surface area contributed by atoms with Crippen LogP contribution in [0.3, 0.4) is 0 Å².